The summed E-state index contributed by atoms with van der Waals surface area (Å²) < 4.78 is 11.5. The molecule has 2 nitrogen and oxygen atoms in total. The zero-order valence-electron chi connectivity index (χ0n) is 7.79. The molecule has 12 heavy (non-hydrogen) atoms. The largest absolute Gasteiger partial charge is 0.330 e. The van der Waals surface area contributed by atoms with Gasteiger partial charge in [0.1, 0.15) is 0 Å². The van der Waals surface area contributed by atoms with Crippen LogP contribution in [0, 0.1) is 11.8 Å². The van der Waals surface area contributed by atoms with Crippen LogP contribution >= 0.6 is 0 Å². The van der Waals surface area contributed by atoms with Gasteiger partial charge in [0.2, 0.25) is 0 Å². The summed E-state index contributed by atoms with van der Waals surface area (Å²) in [6, 6.07) is 0. The molecular formula is C9H19NOS. The molecule has 72 valence electrons. The van der Waals surface area contributed by atoms with Crippen molar-refractivity contribution in [1.82, 2.24) is 0 Å². The summed E-state index contributed by atoms with van der Waals surface area (Å²) in [5, 5.41) is 0. The van der Waals surface area contributed by atoms with E-state index >= 15 is 0 Å². The second kappa shape index (κ2) is 4.97. The van der Waals surface area contributed by atoms with Crippen molar-refractivity contribution in [1.29, 1.82) is 0 Å². The molecule has 1 rings (SSSR count). The minimum atomic E-state index is -0.609. The first-order chi connectivity index (χ1) is 5.72. The maximum atomic E-state index is 11.5. The third-order valence-electron chi connectivity index (χ3n) is 2.52. The van der Waals surface area contributed by atoms with Crippen LogP contribution in [0.5, 0.6) is 0 Å². The fourth-order valence-corrected chi connectivity index (χ4v) is 3.14. The Morgan fingerprint density at radius 1 is 1.58 bits per heavy atom. The molecule has 0 spiro atoms. The molecule has 0 bridgehead atoms. The summed E-state index contributed by atoms with van der Waals surface area (Å²) in [5.41, 5.74) is 5.46. The van der Waals surface area contributed by atoms with E-state index in [4.69, 9.17) is 5.73 Å². The SMILES string of the molecule is CC(CN)CS(=O)CC1CCC1. The Balaban J connectivity index is 2.10. The fraction of sp³-hybridized carbons (Fsp3) is 1.00. The van der Waals surface area contributed by atoms with Crippen molar-refractivity contribution < 1.29 is 4.21 Å². The van der Waals surface area contributed by atoms with Gasteiger partial charge in [-0.05, 0) is 31.2 Å². The Bertz CT molecular complexity index is 148. The molecule has 0 aromatic heterocycles. The Morgan fingerprint density at radius 3 is 2.67 bits per heavy atom. The van der Waals surface area contributed by atoms with Gasteiger partial charge in [0.25, 0.3) is 0 Å². The van der Waals surface area contributed by atoms with Crippen molar-refractivity contribution in [3.63, 3.8) is 0 Å². The van der Waals surface area contributed by atoms with E-state index in [1.807, 2.05) is 0 Å². The molecule has 1 aliphatic carbocycles. The van der Waals surface area contributed by atoms with Crippen molar-refractivity contribution in [2.45, 2.75) is 26.2 Å². The van der Waals surface area contributed by atoms with E-state index < -0.39 is 10.8 Å². The lowest BCUT2D eigenvalue weighted by Crippen LogP contribution is -2.24. The molecular weight excluding hydrogens is 170 g/mol. The van der Waals surface area contributed by atoms with Crippen LogP contribution in [0.2, 0.25) is 0 Å². The highest BCUT2D eigenvalue weighted by molar-refractivity contribution is 7.85. The fourth-order valence-electron chi connectivity index (χ4n) is 1.38. The van der Waals surface area contributed by atoms with Crippen LogP contribution in [0.15, 0.2) is 0 Å². The summed E-state index contributed by atoms with van der Waals surface area (Å²) >= 11 is 0. The number of rotatable bonds is 5. The highest BCUT2D eigenvalue weighted by Gasteiger charge is 2.20. The lowest BCUT2D eigenvalue weighted by molar-refractivity contribution is 0.350. The first-order valence-electron chi connectivity index (χ1n) is 4.77. The maximum Gasteiger partial charge on any atom is 0.0272 e. The van der Waals surface area contributed by atoms with Crippen LogP contribution in [0.4, 0.5) is 0 Å². The highest BCUT2D eigenvalue weighted by Crippen LogP contribution is 2.27. The van der Waals surface area contributed by atoms with E-state index in [1.165, 1.54) is 19.3 Å². The average molecular weight is 189 g/mol. The van der Waals surface area contributed by atoms with Crippen LogP contribution in [0.25, 0.3) is 0 Å². The molecule has 0 aromatic rings. The summed E-state index contributed by atoms with van der Waals surface area (Å²) in [6.45, 7) is 2.73. The molecule has 1 saturated carbocycles. The van der Waals surface area contributed by atoms with Gasteiger partial charge < -0.3 is 5.73 Å². The third kappa shape index (κ3) is 3.23. The normalized spacial score (nSPS) is 23.2. The van der Waals surface area contributed by atoms with Crippen LogP contribution in [0.1, 0.15) is 26.2 Å². The molecule has 0 aliphatic heterocycles. The molecule has 0 amide bonds. The van der Waals surface area contributed by atoms with Crippen LogP contribution in [-0.2, 0) is 10.8 Å². The minimum absolute atomic E-state index is 0.422. The Labute approximate surface area is 77.4 Å². The van der Waals surface area contributed by atoms with E-state index in [1.54, 1.807) is 0 Å². The minimum Gasteiger partial charge on any atom is -0.330 e. The summed E-state index contributed by atoms with van der Waals surface area (Å²) in [6.07, 6.45) is 3.93. The predicted octanol–water partition coefficient (Wildman–Crippen LogP) is 1.13. The summed E-state index contributed by atoms with van der Waals surface area (Å²) in [5.74, 6) is 2.90. The monoisotopic (exact) mass is 189 g/mol. The molecule has 2 atom stereocenters. The smallest absolute Gasteiger partial charge is 0.0272 e. The zero-order valence-corrected chi connectivity index (χ0v) is 8.61. The van der Waals surface area contributed by atoms with E-state index in [0.717, 1.165) is 17.4 Å². The lowest BCUT2D eigenvalue weighted by atomic mass is 9.87. The zero-order chi connectivity index (χ0) is 8.97. The van der Waals surface area contributed by atoms with E-state index in [-0.39, 0.29) is 0 Å². The Morgan fingerprint density at radius 2 is 2.25 bits per heavy atom. The van der Waals surface area contributed by atoms with Crippen LogP contribution in [0.3, 0.4) is 0 Å². The molecule has 2 unspecified atom stereocenters. The Hall–Kier alpha value is 0.110. The van der Waals surface area contributed by atoms with Gasteiger partial charge in [0.05, 0.1) is 0 Å². The van der Waals surface area contributed by atoms with Crippen LogP contribution in [-0.4, -0.2) is 22.3 Å². The summed E-state index contributed by atoms with van der Waals surface area (Å²) in [7, 11) is -0.609. The standard InChI is InChI=1S/C9H19NOS/c1-8(5-10)6-12(11)7-9-3-2-4-9/h8-9H,2-7,10H2,1H3. The quantitative estimate of drug-likeness (QED) is 0.704. The third-order valence-corrected chi connectivity index (χ3v) is 4.30. The van der Waals surface area contributed by atoms with Crippen molar-refractivity contribution in [2.24, 2.45) is 17.6 Å². The second-order valence-electron chi connectivity index (χ2n) is 3.91. The topological polar surface area (TPSA) is 43.1 Å². The molecule has 2 N–H and O–H groups in total. The molecule has 0 heterocycles. The molecule has 1 fully saturated rings. The lowest BCUT2D eigenvalue weighted by Gasteiger charge is -2.25. The predicted molar refractivity (Wildman–Crippen MR) is 53.4 cm³/mol. The van der Waals surface area contributed by atoms with Gasteiger partial charge in [-0.1, -0.05) is 13.3 Å². The van der Waals surface area contributed by atoms with Crippen molar-refractivity contribution >= 4 is 10.8 Å². The highest BCUT2D eigenvalue weighted by atomic mass is 32.2. The van der Waals surface area contributed by atoms with Gasteiger partial charge in [-0.15, -0.1) is 0 Å². The second-order valence-corrected chi connectivity index (χ2v) is 5.46. The molecule has 1 aliphatic rings. The van der Waals surface area contributed by atoms with Gasteiger partial charge in [0.15, 0.2) is 0 Å². The van der Waals surface area contributed by atoms with E-state index in [9.17, 15) is 4.21 Å². The molecule has 0 saturated heterocycles. The molecule has 0 radical (unpaired) electrons. The average Bonchev–Trinajstić information content (AvgIpc) is 1.97. The number of hydrogen-bond acceptors (Lipinski definition) is 2. The number of nitrogens with two attached hydrogens (primary N) is 1. The first-order valence-corrected chi connectivity index (χ1v) is 6.26. The first kappa shape index (κ1) is 10.2. The van der Waals surface area contributed by atoms with Crippen molar-refractivity contribution in [3.8, 4) is 0 Å². The molecule has 3 heteroatoms. The Kier molecular flexibility index (Phi) is 4.22. The molecule has 0 aromatic carbocycles. The van der Waals surface area contributed by atoms with Gasteiger partial charge in [-0.25, -0.2) is 0 Å². The van der Waals surface area contributed by atoms with Gasteiger partial charge in [-0.3, -0.25) is 4.21 Å². The van der Waals surface area contributed by atoms with Crippen LogP contribution < -0.4 is 5.73 Å². The van der Waals surface area contributed by atoms with Crippen molar-refractivity contribution in [3.05, 3.63) is 0 Å². The van der Waals surface area contributed by atoms with E-state index in [2.05, 4.69) is 6.92 Å². The van der Waals surface area contributed by atoms with Crippen molar-refractivity contribution in [2.75, 3.05) is 18.1 Å². The number of hydrogen-bond donors (Lipinski definition) is 1. The van der Waals surface area contributed by atoms with E-state index in [0.29, 0.717) is 12.5 Å². The maximum absolute atomic E-state index is 11.5. The van der Waals surface area contributed by atoms with Gasteiger partial charge in [0, 0.05) is 22.3 Å². The van der Waals surface area contributed by atoms with Gasteiger partial charge in [-0.2, -0.15) is 0 Å². The van der Waals surface area contributed by atoms with Gasteiger partial charge >= 0.3 is 0 Å². The summed E-state index contributed by atoms with van der Waals surface area (Å²) in [4.78, 5) is 0.